The molecule has 1 N–H and O–H groups in total. The number of aliphatic hydroxyl groups is 1. The second-order valence-corrected chi connectivity index (χ2v) is 7.04. The fourth-order valence-corrected chi connectivity index (χ4v) is 4.19. The van der Waals surface area contributed by atoms with Gasteiger partial charge in [-0.1, -0.05) is 12.1 Å². The van der Waals surface area contributed by atoms with Crippen molar-refractivity contribution in [3.05, 3.63) is 17.0 Å². The molecule has 1 spiro atoms. The fraction of sp³-hybridized carbons (Fsp3) is 0.778. The predicted molar refractivity (Wildman–Crippen MR) is 88.8 cm³/mol. The smallest absolute Gasteiger partial charge is 0.259 e. The summed E-state index contributed by atoms with van der Waals surface area (Å²) in [5, 5.41) is 14.3. The fourth-order valence-electron chi connectivity index (χ4n) is 4.19. The summed E-state index contributed by atoms with van der Waals surface area (Å²) in [6.45, 7) is 7.83. The number of ether oxygens (including phenoxy) is 1. The lowest BCUT2D eigenvalue weighted by atomic mass is 9.58. The molecule has 2 aliphatic rings. The first-order chi connectivity index (χ1) is 11.5. The monoisotopic (exact) mass is 336 g/mol. The third kappa shape index (κ3) is 2.75. The zero-order valence-electron chi connectivity index (χ0n) is 14.9. The normalized spacial score (nSPS) is 25.8. The highest BCUT2D eigenvalue weighted by atomic mass is 16.5. The number of carbonyl (C=O) groups excluding carboxylic acids is 1. The van der Waals surface area contributed by atoms with Gasteiger partial charge >= 0.3 is 0 Å². The topological polar surface area (TPSA) is 75.8 Å². The second-order valence-electron chi connectivity index (χ2n) is 7.04. The summed E-state index contributed by atoms with van der Waals surface area (Å²) in [5.41, 5.74) is 1.13. The van der Waals surface area contributed by atoms with E-state index in [0.29, 0.717) is 43.1 Å². The van der Waals surface area contributed by atoms with Crippen molar-refractivity contribution in [1.29, 1.82) is 0 Å². The van der Waals surface area contributed by atoms with Crippen molar-refractivity contribution in [2.45, 2.75) is 65.1 Å². The molecule has 6 nitrogen and oxygen atoms in total. The minimum Gasteiger partial charge on any atom is -0.392 e. The standard InChI is InChI=1S/C18H28N2O4/c1-4-6-13-16(12(3)19-24-13)17(22)20-9-7-18(8-10-20)14(21)11-15(18)23-5-2/h14-15,21H,4-11H2,1-3H3/t14-,15+/m1/s1. The van der Waals surface area contributed by atoms with E-state index in [1.165, 1.54) is 0 Å². The molecule has 3 rings (SSSR count). The molecule has 6 heteroatoms. The molecular formula is C18H28N2O4. The molecule has 0 unspecified atom stereocenters. The van der Waals surface area contributed by atoms with Crippen molar-refractivity contribution in [2.24, 2.45) is 5.41 Å². The maximum absolute atomic E-state index is 12.9. The molecule has 0 bridgehead atoms. The number of rotatable bonds is 5. The van der Waals surface area contributed by atoms with Gasteiger partial charge in [-0.15, -0.1) is 0 Å². The van der Waals surface area contributed by atoms with Crippen LogP contribution in [0.4, 0.5) is 0 Å². The molecule has 1 saturated heterocycles. The maximum Gasteiger partial charge on any atom is 0.259 e. The maximum atomic E-state index is 12.9. The van der Waals surface area contributed by atoms with Crippen LogP contribution in [0.3, 0.4) is 0 Å². The van der Waals surface area contributed by atoms with E-state index >= 15 is 0 Å². The number of nitrogens with zero attached hydrogens (tertiary/aromatic N) is 2. The number of amides is 1. The number of likely N-dealkylation sites (tertiary alicyclic amines) is 1. The van der Waals surface area contributed by atoms with Crippen molar-refractivity contribution < 1.29 is 19.2 Å². The Labute approximate surface area is 143 Å². The second kappa shape index (κ2) is 6.84. The molecule has 0 radical (unpaired) electrons. The highest BCUT2D eigenvalue weighted by Crippen LogP contribution is 2.51. The molecular weight excluding hydrogens is 308 g/mol. The van der Waals surface area contributed by atoms with Gasteiger partial charge in [0.05, 0.1) is 17.9 Å². The number of carbonyl (C=O) groups is 1. The number of piperidine rings is 1. The van der Waals surface area contributed by atoms with Gasteiger partial charge < -0.3 is 19.3 Å². The minimum absolute atomic E-state index is 0.00817. The summed E-state index contributed by atoms with van der Waals surface area (Å²) in [4.78, 5) is 14.8. The first-order valence-electron chi connectivity index (χ1n) is 9.07. The van der Waals surface area contributed by atoms with E-state index in [-0.39, 0.29) is 23.5 Å². The van der Waals surface area contributed by atoms with Gasteiger partial charge in [0, 0.05) is 38.0 Å². The van der Waals surface area contributed by atoms with E-state index in [1.807, 2.05) is 18.7 Å². The predicted octanol–water partition coefficient (Wildman–Crippen LogP) is 2.33. The van der Waals surface area contributed by atoms with E-state index in [0.717, 1.165) is 25.7 Å². The molecule has 1 aliphatic heterocycles. The van der Waals surface area contributed by atoms with Crippen molar-refractivity contribution >= 4 is 5.91 Å². The van der Waals surface area contributed by atoms with Crippen LogP contribution >= 0.6 is 0 Å². The molecule has 134 valence electrons. The Morgan fingerprint density at radius 2 is 2.12 bits per heavy atom. The highest BCUT2D eigenvalue weighted by molar-refractivity contribution is 5.96. The zero-order chi connectivity index (χ0) is 17.3. The van der Waals surface area contributed by atoms with Crippen LogP contribution in [0.1, 0.15) is 61.3 Å². The summed E-state index contributed by atoms with van der Waals surface area (Å²) in [7, 11) is 0. The Bertz CT molecular complexity index is 588. The summed E-state index contributed by atoms with van der Waals surface area (Å²) in [6, 6.07) is 0. The molecule has 1 amide bonds. The number of hydrogen-bond donors (Lipinski definition) is 1. The van der Waals surface area contributed by atoms with Crippen molar-refractivity contribution in [3.8, 4) is 0 Å². The molecule has 2 atom stereocenters. The molecule has 1 aromatic heterocycles. The summed E-state index contributed by atoms with van der Waals surface area (Å²) >= 11 is 0. The van der Waals surface area contributed by atoms with E-state index in [4.69, 9.17) is 9.26 Å². The van der Waals surface area contributed by atoms with Crippen LogP contribution in [0.2, 0.25) is 0 Å². The van der Waals surface area contributed by atoms with Crippen LogP contribution in [0.5, 0.6) is 0 Å². The SMILES string of the molecule is CCCc1onc(C)c1C(=O)N1CCC2(CC1)[C@H](O)C[C@@H]2OCC. The summed E-state index contributed by atoms with van der Waals surface area (Å²) < 4.78 is 11.1. The Morgan fingerprint density at radius 3 is 2.71 bits per heavy atom. The number of aromatic nitrogens is 1. The molecule has 2 heterocycles. The number of aryl methyl sites for hydroxylation is 2. The molecule has 0 aromatic carbocycles. The van der Waals surface area contributed by atoms with Crippen LogP contribution in [0.15, 0.2) is 4.52 Å². The van der Waals surface area contributed by atoms with Gasteiger partial charge in [0.15, 0.2) is 0 Å². The molecule has 1 aromatic rings. The summed E-state index contributed by atoms with van der Waals surface area (Å²) in [6.07, 6.45) is 3.76. The lowest BCUT2D eigenvalue weighted by Gasteiger charge is -2.56. The van der Waals surface area contributed by atoms with Gasteiger partial charge in [0.2, 0.25) is 0 Å². The highest BCUT2D eigenvalue weighted by Gasteiger charge is 2.56. The third-order valence-electron chi connectivity index (χ3n) is 5.72. The van der Waals surface area contributed by atoms with Crippen molar-refractivity contribution in [3.63, 3.8) is 0 Å². The molecule has 24 heavy (non-hydrogen) atoms. The zero-order valence-corrected chi connectivity index (χ0v) is 14.9. The average Bonchev–Trinajstić information content (AvgIpc) is 2.95. The first kappa shape index (κ1) is 17.4. The van der Waals surface area contributed by atoms with Crippen molar-refractivity contribution in [1.82, 2.24) is 10.1 Å². The minimum atomic E-state index is -0.306. The summed E-state index contributed by atoms with van der Waals surface area (Å²) in [5.74, 6) is 0.699. The van der Waals surface area contributed by atoms with Gasteiger partial charge in [-0.25, -0.2) is 0 Å². The average molecular weight is 336 g/mol. The third-order valence-corrected chi connectivity index (χ3v) is 5.72. The molecule has 1 aliphatic carbocycles. The van der Waals surface area contributed by atoms with E-state index in [9.17, 15) is 9.90 Å². The van der Waals surface area contributed by atoms with Crippen LogP contribution in [-0.4, -0.2) is 53.0 Å². The van der Waals surface area contributed by atoms with Crippen LogP contribution in [0, 0.1) is 12.3 Å². The lowest BCUT2D eigenvalue weighted by Crippen LogP contribution is -2.62. The largest absolute Gasteiger partial charge is 0.392 e. The van der Waals surface area contributed by atoms with E-state index < -0.39 is 0 Å². The van der Waals surface area contributed by atoms with E-state index in [1.54, 1.807) is 0 Å². The van der Waals surface area contributed by atoms with Crippen LogP contribution < -0.4 is 0 Å². The Hall–Kier alpha value is -1.40. The van der Waals surface area contributed by atoms with Crippen LogP contribution in [0.25, 0.3) is 0 Å². The Morgan fingerprint density at radius 1 is 1.42 bits per heavy atom. The Kier molecular flexibility index (Phi) is 4.97. The van der Waals surface area contributed by atoms with Gasteiger partial charge in [0.25, 0.3) is 5.91 Å². The van der Waals surface area contributed by atoms with Crippen molar-refractivity contribution in [2.75, 3.05) is 19.7 Å². The van der Waals surface area contributed by atoms with Gasteiger partial charge in [-0.2, -0.15) is 0 Å². The quantitative estimate of drug-likeness (QED) is 0.893. The Balaban J connectivity index is 1.69. The van der Waals surface area contributed by atoms with Gasteiger partial charge in [0.1, 0.15) is 11.3 Å². The first-order valence-corrected chi connectivity index (χ1v) is 9.07. The van der Waals surface area contributed by atoms with Gasteiger partial charge in [-0.05, 0) is 33.1 Å². The van der Waals surface area contributed by atoms with Crippen LogP contribution in [-0.2, 0) is 11.2 Å². The van der Waals surface area contributed by atoms with Gasteiger partial charge in [-0.3, -0.25) is 4.79 Å². The number of hydrogen-bond acceptors (Lipinski definition) is 5. The lowest BCUT2D eigenvalue weighted by molar-refractivity contribution is -0.207. The number of aliphatic hydroxyl groups excluding tert-OH is 1. The van der Waals surface area contributed by atoms with E-state index in [2.05, 4.69) is 12.1 Å². The molecule has 2 fully saturated rings. The molecule has 1 saturated carbocycles.